The molecule has 14 heavy (non-hydrogen) atoms. The minimum absolute atomic E-state index is 0.133. The normalized spacial score (nSPS) is 12.5. The van der Waals surface area contributed by atoms with E-state index in [0.29, 0.717) is 5.69 Å². The number of aromatic nitrogens is 2. The van der Waals surface area contributed by atoms with Crippen LogP contribution < -0.4 is 15.5 Å². The van der Waals surface area contributed by atoms with E-state index in [2.05, 4.69) is 10.3 Å². The van der Waals surface area contributed by atoms with Crippen LogP contribution in [0.4, 0.5) is 5.88 Å². The first-order chi connectivity index (χ1) is 6.56. The first-order valence-electron chi connectivity index (χ1n) is 4.39. The highest BCUT2D eigenvalue weighted by Crippen LogP contribution is 2.15. The molecule has 0 aromatic carbocycles. The molecule has 0 aliphatic rings. The van der Waals surface area contributed by atoms with E-state index in [1.807, 2.05) is 13.8 Å². The molecule has 0 fully saturated rings. The second kappa shape index (κ2) is 4.19. The van der Waals surface area contributed by atoms with Gasteiger partial charge < -0.3 is 10.8 Å². The summed E-state index contributed by atoms with van der Waals surface area (Å²) in [6.45, 7) is 5.48. The molecule has 1 rings (SSSR count). The van der Waals surface area contributed by atoms with Crippen LogP contribution in [-0.2, 0) is 6.54 Å². The summed E-state index contributed by atoms with van der Waals surface area (Å²) in [5.41, 5.74) is 6.15. The Morgan fingerprint density at radius 2 is 2.36 bits per heavy atom. The van der Waals surface area contributed by atoms with Gasteiger partial charge in [-0.15, -0.1) is 0 Å². The molecule has 0 spiro atoms. The molecule has 0 unspecified atom stereocenters. The molecule has 6 nitrogen and oxygen atoms in total. The van der Waals surface area contributed by atoms with Gasteiger partial charge in [0.05, 0.1) is 6.54 Å². The number of aliphatic imine (C=N–C) groups is 1. The molecule has 2 N–H and O–H groups in total. The Labute approximate surface area is 82.0 Å². The van der Waals surface area contributed by atoms with E-state index >= 15 is 0 Å². The molecule has 1 heterocycles. The summed E-state index contributed by atoms with van der Waals surface area (Å²) < 4.78 is 6.52. The molecule has 0 radical (unpaired) electrons. The number of nitrogens with zero attached hydrogens (tertiary/aromatic N) is 3. The van der Waals surface area contributed by atoms with Crippen molar-refractivity contribution in [2.24, 2.45) is 10.7 Å². The highest BCUT2D eigenvalue weighted by Gasteiger charge is 2.24. The zero-order chi connectivity index (χ0) is 10.7. The van der Waals surface area contributed by atoms with Crippen molar-refractivity contribution >= 4 is 11.8 Å². The maximum atomic E-state index is 10.8. The van der Waals surface area contributed by atoms with Crippen LogP contribution in [0.5, 0.6) is 0 Å². The molecule has 0 aliphatic heterocycles. The van der Waals surface area contributed by atoms with Crippen LogP contribution in [-0.4, -0.2) is 11.2 Å². The van der Waals surface area contributed by atoms with Crippen molar-refractivity contribution in [3.05, 3.63) is 5.69 Å². The second-order valence-corrected chi connectivity index (χ2v) is 3.20. The maximum absolute atomic E-state index is 10.8. The van der Waals surface area contributed by atoms with Crippen LogP contribution in [0.2, 0.25) is 0 Å². The van der Waals surface area contributed by atoms with Crippen LogP contribution in [0.15, 0.2) is 9.52 Å². The molecule has 0 bridgehead atoms. The predicted molar refractivity (Wildman–Crippen MR) is 47.7 cm³/mol. The lowest BCUT2D eigenvalue weighted by Crippen LogP contribution is -2.42. The molecule has 78 valence electrons. The molecule has 0 saturated carbocycles. The summed E-state index contributed by atoms with van der Waals surface area (Å²) in [4.78, 5) is 3.66. The molecule has 6 heteroatoms. The first kappa shape index (κ1) is 10.6. The van der Waals surface area contributed by atoms with E-state index < -0.39 is 0 Å². The average Bonchev–Trinajstić information content (AvgIpc) is 2.46. The van der Waals surface area contributed by atoms with E-state index in [4.69, 9.17) is 10.3 Å². The maximum Gasteiger partial charge on any atom is 0.325 e. The van der Waals surface area contributed by atoms with Gasteiger partial charge in [0.25, 0.3) is 5.69 Å². The molecule has 1 aromatic rings. The van der Waals surface area contributed by atoms with Gasteiger partial charge in [-0.1, -0.05) is 0 Å². The number of hydrogen-bond acceptors (Lipinski definition) is 5. The van der Waals surface area contributed by atoms with Crippen molar-refractivity contribution in [3.8, 4) is 0 Å². The lowest BCUT2D eigenvalue weighted by Gasteiger charge is -1.98. The van der Waals surface area contributed by atoms with Crippen LogP contribution in [0.25, 0.3) is 0 Å². The van der Waals surface area contributed by atoms with Gasteiger partial charge in [0.15, 0.2) is 6.04 Å². The van der Waals surface area contributed by atoms with E-state index in [0.717, 1.165) is 0 Å². The van der Waals surface area contributed by atoms with Crippen molar-refractivity contribution in [1.82, 2.24) is 5.27 Å². The summed E-state index contributed by atoms with van der Waals surface area (Å²) in [6, 6.07) is 0.133. The van der Waals surface area contributed by atoms with Gasteiger partial charge in [0.1, 0.15) is 0 Å². The molecule has 0 aliphatic carbocycles. The van der Waals surface area contributed by atoms with E-state index in [1.165, 1.54) is 6.92 Å². The number of nitrogens with two attached hydrogens (primary N) is 1. The molecular formula is C8H14N4O2. The van der Waals surface area contributed by atoms with Crippen LogP contribution >= 0.6 is 0 Å². The molecule has 0 amide bonds. The van der Waals surface area contributed by atoms with Crippen molar-refractivity contribution < 1.29 is 14.3 Å². The third-order valence-electron chi connectivity index (χ3n) is 1.68. The summed E-state index contributed by atoms with van der Waals surface area (Å²) in [5.74, 6) is -0.125. The second-order valence-electron chi connectivity index (χ2n) is 3.20. The lowest BCUT2D eigenvalue weighted by atomic mass is 10.3. The smallest absolute Gasteiger partial charge is 0.325 e. The Hall–Kier alpha value is -1.43. The van der Waals surface area contributed by atoms with Crippen LogP contribution in [0.1, 0.15) is 32.5 Å². The highest BCUT2D eigenvalue weighted by molar-refractivity contribution is 5.71. The van der Waals surface area contributed by atoms with Crippen LogP contribution in [0.3, 0.4) is 0 Å². The fourth-order valence-corrected chi connectivity index (χ4v) is 1.10. The third kappa shape index (κ3) is 2.08. The first-order valence-corrected chi connectivity index (χ1v) is 4.39. The minimum atomic E-state index is -0.327. The van der Waals surface area contributed by atoms with Gasteiger partial charge in [0, 0.05) is 13.8 Å². The topological polar surface area (TPSA) is 91.3 Å². The Bertz CT molecular complexity index is 339. The van der Waals surface area contributed by atoms with E-state index in [9.17, 15) is 5.11 Å². The molecular weight excluding hydrogens is 184 g/mol. The molecule has 1 aromatic heterocycles. The Morgan fingerprint density at radius 1 is 1.71 bits per heavy atom. The minimum Gasteiger partial charge on any atom is -0.862 e. The zero-order valence-corrected chi connectivity index (χ0v) is 8.52. The summed E-state index contributed by atoms with van der Waals surface area (Å²) in [6.07, 6.45) is 0. The van der Waals surface area contributed by atoms with Crippen molar-refractivity contribution in [1.29, 1.82) is 0 Å². The van der Waals surface area contributed by atoms with Crippen molar-refractivity contribution in [2.75, 3.05) is 0 Å². The van der Waals surface area contributed by atoms with Gasteiger partial charge >= 0.3 is 5.88 Å². The van der Waals surface area contributed by atoms with E-state index in [-0.39, 0.29) is 24.4 Å². The number of rotatable bonds is 3. The van der Waals surface area contributed by atoms with Crippen molar-refractivity contribution in [3.63, 3.8) is 0 Å². The van der Waals surface area contributed by atoms with Crippen LogP contribution in [0, 0.1) is 0 Å². The SMILES string of the molecule is C/C([O-])=N/c1on[n+](C(C)C)c1CN. The van der Waals surface area contributed by atoms with Gasteiger partial charge in [0.2, 0.25) is 5.27 Å². The number of hydrogen-bond donors (Lipinski definition) is 1. The van der Waals surface area contributed by atoms with Gasteiger partial charge in [-0.25, -0.2) is 4.99 Å². The summed E-state index contributed by atoms with van der Waals surface area (Å²) in [7, 11) is 0. The predicted octanol–water partition coefficient (Wildman–Crippen LogP) is -0.588. The summed E-state index contributed by atoms with van der Waals surface area (Å²) in [5, 5.41) is 14.5. The fourth-order valence-electron chi connectivity index (χ4n) is 1.10. The fraction of sp³-hybridized carbons (Fsp3) is 0.625. The van der Waals surface area contributed by atoms with Gasteiger partial charge in [-0.2, -0.15) is 0 Å². The molecule has 0 saturated heterocycles. The lowest BCUT2D eigenvalue weighted by molar-refractivity contribution is -0.785. The Morgan fingerprint density at radius 3 is 2.79 bits per heavy atom. The summed E-state index contributed by atoms with van der Waals surface area (Å²) >= 11 is 0. The van der Waals surface area contributed by atoms with Gasteiger partial charge in [-0.3, -0.25) is 4.52 Å². The van der Waals surface area contributed by atoms with E-state index in [1.54, 1.807) is 4.68 Å². The standard InChI is InChI=1S/C8H14N4O2/c1-5(2)12-7(4-9)8(14-11-12)10-6(3)13/h5H,4,9H2,1-3H3. The largest absolute Gasteiger partial charge is 0.862 e. The van der Waals surface area contributed by atoms with Gasteiger partial charge in [-0.05, 0) is 17.5 Å². The highest BCUT2D eigenvalue weighted by atomic mass is 16.5. The molecule has 0 atom stereocenters. The quantitative estimate of drug-likeness (QED) is 0.399. The monoisotopic (exact) mass is 198 g/mol. The Kier molecular flexibility index (Phi) is 3.19. The third-order valence-corrected chi connectivity index (χ3v) is 1.68. The zero-order valence-electron chi connectivity index (χ0n) is 8.52. The average molecular weight is 198 g/mol. The Balaban J connectivity index is 3.14. The van der Waals surface area contributed by atoms with Crippen molar-refractivity contribution in [2.45, 2.75) is 33.4 Å².